The Bertz CT molecular complexity index is 624. The van der Waals surface area contributed by atoms with Crippen LogP contribution in [-0.4, -0.2) is 16.2 Å². The summed E-state index contributed by atoms with van der Waals surface area (Å²) in [6.07, 6.45) is 4.67. The molecule has 0 saturated heterocycles. The fourth-order valence-corrected chi connectivity index (χ4v) is 2.02. The summed E-state index contributed by atoms with van der Waals surface area (Å²) < 4.78 is 0.804. The van der Waals surface area contributed by atoms with Gasteiger partial charge in [0, 0.05) is 18.3 Å². The fourth-order valence-electron chi connectivity index (χ4n) is 1.63. The van der Waals surface area contributed by atoms with Gasteiger partial charge in [-0.1, -0.05) is 42.5 Å². The maximum Gasteiger partial charge on any atom is 0.404 e. The second-order valence-corrected chi connectivity index (χ2v) is 4.87. The first-order valence-corrected chi connectivity index (χ1v) is 6.79. The number of rotatable bonds is 4. The molecule has 0 fully saturated rings. The lowest BCUT2D eigenvalue weighted by Crippen LogP contribution is -2.19. The molecule has 1 aromatic heterocycles. The van der Waals surface area contributed by atoms with Gasteiger partial charge >= 0.3 is 6.09 Å². The maximum absolute atomic E-state index is 10.4. The lowest BCUT2D eigenvalue weighted by molar-refractivity contribution is 0.194. The normalized spacial score (nSPS) is 10.7. The highest BCUT2D eigenvalue weighted by Gasteiger charge is 1.97. The van der Waals surface area contributed by atoms with Crippen LogP contribution in [0.15, 0.2) is 47.2 Å². The Kier molecular flexibility index (Phi) is 4.90. The average Bonchev–Trinajstić information content (AvgIpc) is 2.45. The zero-order valence-corrected chi connectivity index (χ0v) is 12.2. The van der Waals surface area contributed by atoms with Crippen LogP contribution in [0.5, 0.6) is 0 Å². The third kappa shape index (κ3) is 4.20. The first-order valence-electron chi connectivity index (χ1n) is 5.99. The number of aromatic nitrogens is 1. The van der Waals surface area contributed by atoms with Crippen molar-refractivity contribution in [2.45, 2.75) is 6.54 Å². The summed E-state index contributed by atoms with van der Waals surface area (Å²) in [6.45, 7) is 0.313. The Morgan fingerprint density at radius 2 is 2.00 bits per heavy atom. The molecule has 0 unspecified atom stereocenters. The van der Waals surface area contributed by atoms with Gasteiger partial charge in [0.2, 0.25) is 0 Å². The molecule has 1 aromatic carbocycles. The van der Waals surface area contributed by atoms with Crippen LogP contribution in [-0.2, 0) is 6.54 Å². The first kappa shape index (κ1) is 14.3. The Morgan fingerprint density at radius 3 is 2.65 bits per heavy atom. The summed E-state index contributed by atoms with van der Waals surface area (Å²) in [5.74, 6) is 0. The molecule has 102 valence electrons. The predicted octanol–water partition coefficient (Wildman–Crippen LogP) is 3.78. The predicted molar refractivity (Wildman–Crippen MR) is 82.2 cm³/mol. The van der Waals surface area contributed by atoms with E-state index in [1.807, 2.05) is 48.6 Å². The zero-order valence-electron chi connectivity index (χ0n) is 10.6. The molecule has 0 aliphatic heterocycles. The molecule has 0 radical (unpaired) electrons. The van der Waals surface area contributed by atoms with E-state index in [4.69, 9.17) is 5.11 Å². The van der Waals surface area contributed by atoms with Crippen molar-refractivity contribution in [1.82, 2.24) is 10.3 Å². The largest absolute Gasteiger partial charge is 0.465 e. The fraction of sp³-hybridized carbons (Fsp3) is 0.0667. The molecule has 0 spiro atoms. The molecule has 4 nitrogen and oxygen atoms in total. The smallest absolute Gasteiger partial charge is 0.404 e. The number of hydrogen-bond acceptors (Lipinski definition) is 2. The third-order valence-electron chi connectivity index (χ3n) is 2.67. The number of halogens is 1. The molecule has 0 aliphatic carbocycles. The van der Waals surface area contributed by atoms with Crippen molar-refractivity contribution in [3.8, 4) is 0 Å². The van der Waals surface area contributed by atoms with E-state index in [2.05, 4.69) is 26.2 Å². The highest BCUT2D eigenvalue weighted by Crippen LogP contribution is 2.16. The molecule has 20 heavy (non-hydrogen) atoms. The number of carbonyl (C=O) groups is 1. The Hall–Kier alpha value is -2.14. The molecular formula is C15H13BrN2O2. The van der Waals surface area contributed by atoms with E-state index in [0.717, 1.165) is 21.3 Å². The average molecular weight is 333 g/mol. The van der Waals surface area contributed by atoms with Crippen LogP contribution in [0.1, 0.15) is 16.7 Å². The Labute approximate surface area is 125 Å². The van der Waals surface area contributed by atoms with E-state index in [1.165, 1.54) is 0 Å². The maximum atomic E-state index is 10.4. The molecule has 2 rings (SSSR count). The SMILES string of the molecule is O=C(O)NCc1ccc(/C=C/c2cccnc2Br)cc1. The standard InChI is InChI=1S/C15H13BrN2O2/c16-14-13(2-1-9-17-14)8-7-11-3-5-12(6-4-11)10-18-15(19)20/h1-9,18H,10H2,(H,19,20)/b8-7+. The minimum Gasteiger partial charge on any atom is -0.465 e. The van der Waals surface area contributed by atoms with Crippen LogP contribution in [0.2, 0.25) is 0 Å². The summed E-state index contributed by atoms with van der Waals surface area (Å²) in [5.41, 5.74) is 2.97. The molecule has 0 saturated carbocycles. The monoisotopic (exact) mass is 332 g/mol. The molecule has 1 amide bonds. The van der Waals surface area contributed by atoms with Gasteiger partial charge in [-0.25, -0.2) is 9.78 Å². The number of pyridine rings is 1. The molecular weight excluding hydrogens is 320 g/mol. The van der Waals surface area contributed by atoms with Crippen molar-refractivity contribution in [3.05, 3.63) is 63.9 Å². The molecule has 0 atom stereocenters. The van der Waals surface area contributed by atoms with Crippen molar-refractivity contribution in [3.63, 3.8) is 0 Å². The van der Waals surface area contributed by atoms with Crippen molar-refractivity contribution in [2.24, 2.45) is 0 Å². The van der Waals surface area contributed by atoms with E-state index in [0.29, 0.717) is 6.54 Å². The molecule has 0 bridgehead atoms. The molecule has 5 heteroatoms. The number of carboxylic acid groups (broad SMARTS) is 1. The van der Waals surface area contributed by atoms with Crippen molar-refractivity contribution in [2.75, 3.05) is 0 Å². The number of hydrogen-bond donors (Lipinski definition) is 2. The van der Waals surface area contributed by atoms with E-state index >= 15 is 0 Å². The Balaban J connectivity index is 2.04. The summed E-state index contributed by atoms with van der Waals surface area (Å²) >= 11 is 3.39. The first-order chi connectivity index (χ1) is 9.65. The van der Waals surface area contributed by atoms with Crippen LogP contribution in [0.3, 0.4) is 0 Å². The summed E-state index contributed by atoms with van der Waals surface area (Å²) in [4.78, 5) is 14.5. The van der Waals surface area contributed by atoms with Crippen molar-refractivity contribution >= 4 is 34.2 Å². The van der Waals surface area contributed by atoms with E-state index in [1.54, 1.807) is 6.20 Å². The number of benzene rings is 1. The summed E-state index contributed by atoms with van der Waals surface area (Å²) in [7, 11) is 0. The van der Waals surface area contributed by atoms with Gasteiger partial charge < -0.3 is 10.4 Å². The van der Waals surface area contributed by atoms with Gasteiger partial charge in [0.1, 0.15) is 4.60 Å². The second-order valence-electron chi connectivity index (χ2n) is 4.12. The topological polar surface area (TPSA) is 62.2 Å². The highest BCUT2D eigenvalue weighted by atomic mass is 79.9. The van der Waals surface area contributed by atoms with E-state index in [-0.39, 0.29) is 0 Å². The van der Waals surface area contributed by atoms with E-state index in [9.17, 15) is 4.79 Å². The Morgan fingerprint density at radius 1 is 1.25 bits per heavy atom. The van der Waals surface area contributed by atoms with Gasteiger partial charge in [-0.2, -0.15) is 0 Å². The number of nitrogens with zero attached hydrogens (tertiary/aromatic N) is 1. The van der Waals surface area contributed by atoms with Gasteiger partial charge in [0.05, 0.1) is 0 Å². The van der Waals surface area contributed by atoms with Gasteiger partial charge in [-0.3, -0.25) is 0 Å². The van der Waals surface area contributed by atoms with Gasteiger partial charge in [0.15, 0.2) is 0 Å². The summed E-state index contributed by atoms with van der Waals surface area (Å²) in [6, 6.07) is 11.5. The lowest BCUT2D eigenvalue weighted by Gasteiger charge is -2.02. The van der Waals surface area contributed by atoms with Gasteiger partial charge in [0.25, 0.3) is 0 Å². The second kappa shape index (κ2) is 6.86. The van der Waals surface area contributed by atoms with Crippen molar-refractivity contribution < 1.29 is 9.90 Å². The number of amides is 1. The third-order valence-corrected chi connectivity index (χ3v) is 3.33. The highest BCUT2D eigenvalue weighted by molar-refractivity contribution is 9.10. The molecule has 2 aromatic rings. The quantitative estimate of drug-likeness (QED) is 0.837. The van der Waals surface area contributed by atoms with Gasteiger partial charge in [-0.15, -0.1) is 0 Å². The minimum atomic E-state index is -1.02. The molecule has 1 heterocycles. The van der Waals surface area contributed by atoms with Crippen LogP contribution < -0.4 is 5.32 Å². The number of nitrogens with one attached hydrogen (secondary N) is 1. The van der Waals surface area contributed by atoms with Crippen LogP contribution in [0, 0.1) is 0 Å². The lowest BCUT2D eigenvalue weighted by atomic mass is 10.1. The van der Waals surface area contributed by atoms with Crippen LogP contribution in [0.25, 0.3) is 12.2 Å². The van der Waals surface area contributed by atoms with Crippen LogP contribution in [0.4, 0.5) is 4.79 Å². The zero-order chi connectivity index (χ0) is 14.4. The van der Waals surface area contributed by atoms with Crippen LogP contribution >= 0.6 is 15.9 Å². The molecule has 0 aliphatic rings. The minimum absolute atomic E-state index is 0.313. The summed E-state index contributed by atoms with van der Waals surface area (Å²) in [5, 5.41) is 10.9. The molecule has 2 N–H and O–H groups in total. The van der Waals surface area contributed by atoms with E-state index < -0.39 is 6.09 Å². The van der Waals surface area contributed by atoms with Crippen molar-refractivity contribution in [1.29, 1.82) is 0 Å². The van der Waals surface area contributed by atoms with Gasteiger partial charge in [-0.05, 0) is 33.1 Å².